The quantitative estimate of drug-likeness (QED) is 0.827. The van der Waals surface area contributed by atoms with Crippen molar-refractivity contribution in [2.24, 2.45) is 0 Å². The third kappa shape index (κ3) is 3.54. The molecule has 2 unspecified atom stereocenters. The SMILES string of the molecule is COc1ccc2c(c1)CCC2C(=O)N1CCSCC1CN1CCCC1. The molecule has 4 nitrogen and oxygen atoms in total. The van der Waals surface area contributed by atoms with E-state index < -0.39 is 0 Å². The molecule has 2 fully saturated rings. The highest BCUT2D eigenvalue weighted by Crippen LogP contribution is 2.37. The van der Waals surface area contributed by atoms with Crippen LogP contribution in [0.2, 0.25) is 0 Å². The van der Waals surface area contributed by atoms with E-state index in [1.807, 2.05) is 17.8 Å². The fourth-order valence-electron chi connectivity index (χ4n) is 4.54. The molecule has 1 amide bonds. The highest BCUT2D eigenvalue weighted by atomic mass is 32.2. The first-order valence-corrected chi connectivity index (χ1v) is 10.7. The van der Waals surface area contributed by atoms with E-state index in [0.717, 1.165) is 43.2 Å². The van der Waals surface area contributed by atoms with Gasteiger partial charge in [-0.25, -0.2) is 0 Å². The fraction of sp³-hybridized carbons (Fsp3) is 0.650. The Bertz CT molecular complexity index is 630. The van der Waals surface area contributed by atoms with Crippen molar-refractivity contribution < 1.29 is 9.53 Å². The van der Waals surface area contributed by atoms with Crippen LogP contribution in [0.15, 0.2) is 18.2 Å². The van der Waals surface area contributed by atoms with Crippen LogP contribution in [0.5, 0.6) is 5.75 Å². The second-order valence-corrected chi connectivity index (χ2v) is 8.57. The Hall–Kier alpha value is -1.20. The predicted octanol–water partition coefficient (Wildman–Crippen LogP) is 2.76. The smallest absolute Gasteiger partial charge is 0.230 e. The minimum atomic E-state index is 0.0464. The molecule has 2 atom stereocenters. The molecular weight excluding hydrogens is 332 g/mol. The lowest BCUT2D eigenvalue weighted by atomic mass is 9.98. The first-order valence-electron chi connectivity index (χ1n) is 9.53. The van der Waals surface area contributed by atoms with Crippen molar-refractivity contribution in [2.75, 3.05) is 44.8 Å². The summed E-state index contributed by atoms with van der Waals surface area (Å²) in [5, 5.41) is 0. The van der Waals surface area contributed by atoms with Crippen molar-refractivity contribution in [3.63, 3.8) is 0 Å². The van der Waals surface area contributed by atoms with Gasteiger partial charge in [-0.1, -0.05) is 6.07 Å². The Kier molecular flexibility index (Phi) is 5.23. The largest absolute Gasteiger partial charge is 0.497 e. The molecule has 5 heteroatoms. The second kappa shape index (κ2) is 7.58. The highest BCUT2D eigenvalue weighted by Gasteiger charge is 2.36. The van der Waals surface area contributed by atoms with E-state index in [0.29, 0.717) is 11.9 Å². The number of benzene rings is 1. The number of carbonyl (C=O) groups is 1. The lowest BCUT2D eigenvalue weighted by Crippen LogP contribution is -2.52. The molecule has 136 valence electrons. The van der Waals surface area contributed by atoms with Crippen molar-refractivity contribution in [3.05, 3.63) is 29.3 Å². The molecule has 3 aliphatic rings. The Morgan fingerprint density at radius 1 is 1.28 bits per heavy atom. The van der Waals surface area contributed by atoms with Gasteiger partial charge in [-0.15, -0.1) is 0 Å². The number of nitrogens with zero attached hydrogens (tertiary/aromatic N) is 2. The zero-order valence-corrected chi connectivity index (χ0v) is 15.9. The number of carbonyl (C=O) groups excluding carboxylic acids is 1. The van der Waals surface area contributed by atoms with Crippen LogP contribution in [-0.4, -0.2) is 66.5 Å². The molecule has 0 N–H and O–H groups in total. The highest BCUT2D eigenvalue weighted by molar-refractivity contribution is 7.99. The number of aryl methyl sites for hydroxylation is 1. The van der Waals surface area contributed by atoms with E-state index in [9.17, 15) is 4.79 Å². The normalized spacial score (nSPS) is 26.7. The van der Waals surface area contributed by atoms with Crippen LogP contribution < -0.4 is 4.74 Å². The maximum absolute atomic E-state index is 13.4. The van der Waals surface area contributed by atoms with Gasteiger partial charge in [-0.3, -0.25) is 4.79 Å². The Balaban J connectivity index is 1.49. The van der Waals surface area contributed by atoms with Gasteiger partial charge in [0.2, 0.25) is 5.91 Å². The molecule has 0 bridgehead atoms. The summed E-state index contributed by atoms with van der Waals surface area (Å²) in [5.41, 5.74) is 2.52. The van der Waals surface area contributed by atoms with Crippen LogP contribution in [0.1, 0.15) is 36.3 Å². The van der Waals surface area contributed by atoms with Crippen molar-refractivity contribution in [1.82, 2.24) is 9.80 Å². The molecule has 0 saturated carbocycles. The summed E-state index contributed by atoms with van der Waals surface area (Å²) < 4.78 is 5.34. The minimum absolute atomic E-state index is 0.0464. The zero-order chi connectivity index (χ0) is 17.2. The van der Waals surface area contributed by atoms with Gasteiger partial charge in [-0.05, 0) is 62.0 Å². The average molecular weight is 361 g/mol. The van der Waals surface area contributed by atoms with Crippen LogP contribution in [0, 0.1) is 0 Å². The van der Waals surface area contributed by atoms with E-state index in [2.05, 4.69) is 21.9 Å². The topological polar surface area (TPSA) is 32.8 Å². The molecule has 1 aromatic rings. The number of hydrogen-bond donors (Lipinski definition) is 0. The van der Waals surface area contributed by atoms with Crippen LogP contribution in [-0.2, 0) is 11.2 Å². The summed E-state index contributed by atoms with van der Waals surface area (Å²) in [7, 11) is 1.70. The van der Waals surface area contributed by atoms with Crippen molar-refractivity contribution in [2.45, 2.75) is 37.6 Å². The van der Waals surface area contributed by atoms with Gasteiger partial charge in [-0.2, -0.15) is 11.8 Å². The number of rotatable bonds is 4. The summed E-state index contributed by atoms with van der Waals surface area (Å²) >= 11 is 2.00. The number of thioether (sulfide) groups is 1. The molecule has 0 spiro atoms. The summed E-state index contributed by atoms with van der Waals surface area (Å²) in [4.78, 5) is 18.1. The van der Waals surface area contributed by atoms with Crippen LogP contribution in [0.4, 0.5) is 0 Å². The fourth-order valence-corrected chi connectivity index (χ4v) is 5.59. The molecule has 4 rings (SSSR count). The number of ether oxygens (including phenoxy) is 1. The monoisotopic (exact) mass is 360 g/mol. The average Bonchev–Trinajstić information content (AvgIpc) is 3.30. The number of amides is 1. The third-order valence-corrected chi connectivity index (χ3v) is 7.00. The predicted molar refractivity (Wildman–Crippen MR) is 103 cm³/mol. The molecule has 25 heavy (non-hydrogen) atoms. The van der Waals surface area contributed by atoms with Gasteiger partial charge >= 0.3 is 0 Å². The lowest BCUT2D eigenvalue weighted by Gasteiger charge is -2.39. The third-order valence-electron chi connectivity index (χ3n) is 5.90. The van der Waals surface area contributed by atoms with Crippen LogP contribution in [0.3, 0.4) is 0 Å². The molecule has 1 aromatic carbocycles. The van der Waals surface area contributed by atoms with E-state index in [1.165, 1.54) is 37.1 Å². The summed E-state index contributed by atoms with van der Waals surface area (Å²) in [6, 6.07) is 6.60. The first-order chi connectivity index (χ1) is 12.3. The Morgan fingerprint density at radius 3 is 2.92 bits per heavy atom. The van der Waals surface area contributed by atoms with Gasteiger partial charge in [0.05, 0.1) is 19.1 Å². The van der Waals surface area contributed by atoms with E-state index in [1.54, 1.807) is 7.11 Å². The zero-order valence-electron chi connectivity index (χ0n) is 15.1. The molecule has 2 aliphatic heterocycles. The van der Waals surface area contributed by atoms with Crippen LogP contribution in [0.25, 0.3) is 0 Å². The number of hydrogen-bond acceptors (Lipinski definition) is 4. The minimum Gasteiger partial charge on any atom is -0.497 e. The number of fused-ring (bicyclic) bond motifs is 1. The van der Waals surface area contributed by atoms with Crippen molar-refractivity contribution in [1.29, 1.82) is 0 Å². The van der Waals surface area contributed by atoms with Gasteiger partial charge in [0.1, 0.15) is 5.75 Å². The molecular formula is C20H28N2O2S. The Morgan fingerprint density at radius 2 is 2.12 bits per heavy atom. The summed E-state index contributed by atoms with van der Waals surface area (Å²) in [6.07, 6.45) is 4.56. The van der Waals surface area contributed by atoms with Crippen LogP contribution >= 0.6 is 11.8 Å². The van der Waals surface area contributed by atoms with Gasteiger partial charge in [0.15, 0.2) is 0 Å². The lowest BCUT2D eigenvalue weighted by molar-refractivity contribution is -0.135. The molecule has 0 radical (unpaired) electrons. The van der Waals surface area contributed by atoms with Gasteiger partial charge in [0.25, 0.3) is 0 Å². The summed E-state index contributed by atoms with van der Waals surface area (Å²) in [5.74, 6) is 3.46. The van der Waals surface area contributed by atoms with Crippen molar-refractivity contribution >= 4 is 17.7 Å². The number of methoxy groups -OCH3 is 1. The maximum atomic E-state index is 13.4. The molecule has 0 aromatic heterocycles. The number of likely N-dealkylation sites (tertiary alicyclic amines) is 1. The first kappa shape index (κ1) is 17.2. The van der Waals surface area contributed by atoms with Crippen molar-refractivity contribution in [3.8, 4) is 5.75 Å². The van der Waals surface area contributed by atoms with Gasteiger partial charge in [0, 0.05) is 24.6 Å². The molecule has 1 aliphatic carbocycles. The summed E-state index contributed by atoms with van der Waals surface area (Å²) in [6.45, 7) is 4.37. The van der Waals surface area contributed by atoms with E-state index >= 15 is 0 Å². The maximum Gasteiger partial charge on any atom is 0.230 e. The molecule has 2 saturated heterocycles. The standard InChI is InChI=1S/C20H28N2O2S/c1-24-17-5-7-18-15(12-17)4-6-19(18)20(23)22-10-11-25-14-16(22)13-21-8-2-3-9-21/h5,7,12,16,19H,2-4,6,8-11,13-14H2,1H3. The van der Waals surface area contributed by atoms with E-state index in [4.69, 9.17) is 4.74 Å². The second-order valence-electron chi connectivity index (χ2n) is 7.42. The van der Waals surface area contributed by atoms with Gasteiger partial charge < -0.3 is 14.5 Å². The molecule has 2 heterocycles. The Labute approximate surface area is 154 Å². The van der Waals surface area contributed by atoms with E-state index in [-0.39, 0.29) is 5.92 Å².